The summed E-state index contributed by atoms with van der Waals surface area (Å²) >= 11 is 0. The van der Waals surface area contributed by atoms with Gasteiger partial charge in [0.15, 0.2) is 0 Å². The van der Waals surface area contributed by atoms with Crippen LogP contribution < -0.4 is 5.43 Å². The van der Waals surface area contributed by atoms with Gasteiger partial charge in [0.2, 0.25) is 5.91 Å². The molecule has 4 aromatic rings. The Morgan fingerprint density at radius 3 is 2.04 bits per heavy atom. The molecule has 0 bridgehead atoms. The lowest BCUT2D eigenvalue weighted by atomic mass is 9.97. The quantitative estimate of drug-likeness (QED) is 0.327. The van der Waals surface area contributed by atoms with Gasteiger partial charge in [-0.15, -0.1) is 0 Å². The summed E-state index contributed by atoms with van der Waals surface area (Å²) < 4.78 is 0. The largest absolute Gasteiger partial charge is 0.273 e. The van der Waals surface area contributed by atoms with E-state index in [1.807, 2.05) is 54.6 Å². The summed E-state index contributed by atoms with van der Waals surface area (Å²) in [4.78, 5) is 12.1. The van der Waals surface area contributed by atoms with Crippen LogP contribution >= 0.6 is 0 Å². The number of hydrogen-bond acceptors (Lipinski definition) is 2. The molecule has 0 aliphatic heterocycles. The molecule has 3 heteroatoms. The van der Waals surface area contributed by atoms with Crippen molar-refractivity contribution < 1.29 is 4.79 Å². The van der Waals surface area contributed by atoms with Crippen molar-refractivity contribution in [1.82, 2.24) is 5.43 Å². The van der Waals surface area contributed by atoms with Gasteiger partial charge in [-0.1, -0.05) is 78.9 Å². The second-order valence-electron chi connectivity index (χ2n) is 6.19. The van der Waals surface area contributed by atoms with E-state index in [1.54, 1.807) is 6.21 Å². The lowest BCUT2D eigenvalue weighted by Gasteiger charge is -2.08. The van der Waals surface area contributed by atoms with E-state index in [4.69, 9.17) is 0 Å². The molecule has 0 unspecified atom stereocenters. The van der Waals surface area contributed by atoms with Gasteiger partial charge in [0, 0.05) is 5.56 Å². The maximum Gasteiger partial charge on any atom is 0.244 e. The zero-order valence-corrected chi connectivity index (χ0v) is 14.2. The van der Waals surface area contributed by atoms with Crippen LogP contribution in [-0.4, -0.2) is 12.1 Å². The number of amides is 1. The molecule has 1 amide bonds. The van der Waals surface area contributed by atoms with Crippen molar-refractivity contribution in [2.45, 2.75) is 6.42 Å². The molecule has 4 aromatic carbocycles. The van der Waals surface area contributed by atoms with Crippen LogP contribution in [0.5, 0.6) is 0 Å². The molecule has 0 radical (unpaired) electrons. The lowest BCUT2D eigenvalue weighted by Crippen LogP contribution is -2.19. The molecule has 0 saturated carbocycles. The molecule has 1 N–H and O–H groups in total. The third-order valence-corrected chi connectivity index (χ3v) is 4.40. The summed E-state index contributed by atoms with van der Waals surface area (Å²) in [7, 11) is 0. The highest BCUT2D eigenvalue weighted by Crippen LogP contribution is 2.27. The van der Waals surface area contributed by atoms with Crippen molar-refractivity contribution in [1.29, 1.82) is 0 Å². The molecule has 26 heavy (non-hydrogen) atoms. The molecule has 4 rings (SSSR count). The number of carbonyl (C=O) groups excluding carboxylic acids is 1. The van der Waals surface area contributed by atoms with Crippen molar-refractivity contribution in [2.75, 3.05) is 0 Å². The second kappa shape index (κ2) is 7.19. The van der Waals surface area contributed by atoms with Crippen molar-refractivity contribution in [3.8, 4) is 0 Å². The van der Waals surface area contributed by atoms with E-state index in [1.165, 1.54) is 0 Å². The Kier molecular flexibility index (Phi) is 4.44. The second-order valence-corrected chi connectivity index (χ2v) is 6.19. The monoisotopic (exact) mass is 338 g/mol. The van der Waals surface area contributed by atoms with Crippen LogP contribution in [0.2, 0.25) is 0 Å². The summed E-state index contributed by atoms with van der Waals surface area (Å²) in [5.41, 5.74) is 4.62. The molecular weight excluding hydrogens is 320 g/mol. The van der Waals surface area contributed by atoms with E-state index in [-0.39, 0.29) is 5.91 Å². The van der Waals surface area contributed by atoms with E-state index >= 15 is 0 Å². The first kappa shape index (κ1) is 16.0. The van der Waals surface area contributed by atoms with Crippen molar-refractivity contribution >= 4 is 33.7 Å². The van der Waals surface area contributed by atoms with Crippen molar-refractivity contribution in [3.05, 3.63) is 96.1 Å². The van der Waals surface area contributed by atoms with Gasteiger partial charge in [-0.25, -0.2) is 5.43 Å². The van der Waals surface area contributed by atoms with Gasteiger partial charge in [-0.05, 0) is 33.2 Å². The van der Waals surface area contributed by atoms with Crippen LogP contribution in [0.25, 0.3) is 21.5 Å². The number of hydrogen-bond donors (Lipinski definition) is 1. The zero-order valence-electron chi connectivity index (χ0n) is 14.2. The molecule has 0 atom stereocenters. The Balaban J connectivity index is 1.63. The number of rotatable bonds is 4. The summed E-state index contributed by atoms with van der Waals surface area (Å²) in [6, 6.07) is 28.3. The van der Waals surface area contributed by atoms with Crippen molar-refractivity contribution in [2.24, 2.45) is 5.10 Å². The molecule has 0 aromatic heterocycles. The Labute approximate surface area is 152 Å². The highest BCUT2D eigenvalue weighted by molar-refractivity contribution is 6.13. The standard InChI is InChI=1S/C23H18N2O/c26-23(14-17-8-2-1-3-9-17)25-24-16-22-20-12-6-4-10-18(20)15-19-11-5-7-13-21(19)22/h1-13,15-16H,14H2,(H,25,26)/b24-16-. The average Bonchev–Trinajstić information content (AvgIpc) is 2.68. The van der Waals surface area contributed by atoms with Crippen LogP contribution in [0, 0.1) is 0 Å². The molecule has 0 heterocycles. The molecule has 0 spiro atoms. The fourth-order valence-electron chi connectivity index (χ4n) is 3.18. The highest BCUT2D eigenvalue weighted by Gasteiger charge is 2.06. The van der Waals surface area contributed by atoms with E-state index in [9.17, 15) is 4.79 Å². The van der Waals surface area contributed by atoms with Gasteiger partial charge in [0.1, 0.15) is 0 Å². The maximum atomic E-state index is 12.1. The molecule has 0 fully saturated rings. The van der Waals surface area contributed by atoms with Gasteiger partial charge in [0.05, 0.1) is 12.6 Å². The normalized spacial score (nSPS) is 11.2. The first-order chi connectivity index (χ1) is 12.8. The van der Waals surface area contributed by atoms with Crippen molar-refractivity contribution in [3.63, 3.8) is 0 Å². The Bertz CT molecular complexity index is 1050. The maximum absolute atomic E-state index is 12.1. The molecule has 126 valence electrons. The lowest BCUT2D eigenvalue weighted by molar-refractivity contribution is -0.120. The predicted molar refractivity (Wildman–Crippen MR) is 107 cm³/mol. The fraction of sp³-hybridized carbons (Fsp3) is 0.0435. The fourth-order valence-corrected chi connectivity index (χ4v) is 3.18. The Morgan fingerprint density at radius 2 is 1.38 bits per heavy atom. The van der Waals surface area contributed by atoms with Gasteiger partial charge in [-0.3, -0.25) is 4.79 Å². The van der Waals surface area contributed by atoms with Crippen LogP contribution in [0.1, 0.15) is 11.1 Å². The number of carbonyl (C=O) groups is 1. The van der Waals surface area contributed by atoms with Crippen LogP contribution in [0.15, 0.2) is 90.0 Å². The molecule has 0 aliphatic rings. The first-order valence-corrected chi connectivity index (χ1v) is 8.57. The van der Waals surface area contributed by atoms with E-state index in [0.717, 1.165) is 32.7 Å². The average molecular weight is 338 g/mol. The van der Waals surface area contributed by atoms with Gasteiger partial charge >= 0.3 is 0 Å². The van der Waals surface area contributed by atoms with Crippen LogP contribution in [0.3, 0.4) is 0 Å². The van der Waals surface area contributed by atoms with Crippen LogP contribution in [-0.2, 0) is 11.2 Å². The first-order valence-electron chi connectivity index (χ1n) is 8.57. The van der Waals surface area contributed by atoms with Gasteiger partial charge in [-0.2, -0.15) is 5.10 Å². The van der Waals surface area contributed by atoms with E-state index in [2.05, 4.69) is 40.9 Å². The molecular formula is C23H18N2O. The third kappa shape index (κ3) is 3.33. The minimum atomic E-state index is -0.128. The highest BCUT2D eigenvalue weighted by atomic mass is 16.2. The molecule has 0 aliphatic carbocycles. The number of nitrogens with zero attached hydrogens (tertiary/aromatic N) is 1. The topological polar surface area (TPSA) is 41.5 Å². The van der Waals surface area contributed by atoms with E-state index < -0.39 is 0 Å². The predicted octanol–water partition coefficient (Wildman–Crippen LogP) is 4.69. The Morgan fingerprint density at radius 1 is 0.808 bits per heavy atom. The SMILES string of the molecule is O=C(Cc1ccccc1)N/N=C\c1c2ccccc2cc2ccccc12. The van der Waals surface area contributed by atoms with Gasteiger partial charge in [0.25, 0.3) is 0 Å². The summed E-state index contributed by atoms with van der Waals surface area (Å²) in [5, 5.41) is 8.76. The smallest absolute Gasteiger partial charge is 0.244 e. The van der Waals surface area contributed by atoms with Gasteiger partial charge < -0.3 is 0 Å². The zero-order chi connectivity index (χ0) is 17.8. The number of nitrogens with one attached hydrogen (secondary N) is 1. The third-order valence-electron chi connectivity index (χ3n) is 4.40. The molecule has 3 nitrogen and oxygen atoms in total. The summed E-state index contributed by atoms with van der Waals surface area (Å²) in [5.74, 6) is -0.128. The summed E-state index contributed by atoms with van der Waals surface area (Å²) in [6.45, 7) is 0. The summed E-state index contributed by atoms with van der Waals surface area (Å²) in [6.07, 6.45) is 2.06. The van der Waals surface area contributed by atoms with E-state index in [0.29, 0.717) is 6.42 Å². The minimum Gasteiger partial charge on any atom is -0.273 e. The number of benzene rings is 4. The number of fused-ring (bicyclic) bond motifs is 2. The minimum absolute atomic E-state index is 0.128. The number of hydrazone groups is 1. The molecule has 0 saturated heterocycles. The Hall–Kier alpha value is -3.46. The van der Waals surface area contributed by atoms with Crippen LogP contribution in [0.4, 0.5) is 0 Å².